The number of nitrogens with one attached hydrogen (secondary N) is 1. The van der Waals surface area contributed by atoms with Crippen LogP contribution in [0.3, 0.4) is 0 Å². The fourth-order valence-corrected chi connectivity index (χ4v) is 2.72. The molecule has 2 heterocycles. The Kier molecular flexibility index (Phi) is 2.26. The van der Waals surface area contributed by atoms with E-state index in [1.54, 1.807) is 0 Å². The van der Waals surface area contributed by atoms with Crippen molar-refractivity contribution in [1.82, 2.24) is 5.32 Å². The molecular weight excluding hydrogens is 178 g/mol. The molecule has 1 saturated carbocycles. The van der Waals surface area contributed by atoms with Gasteiger partial charge >= 0.3 is 0 Å². The summed E-state index contributed by atoms with van der Waals surface area (Å²) in [6, 6.07) is 0.551. The second-order valence-electron chi connectivity index (χ2n) is 4.95. The van der Waals surface area contributed by atoms with Crippen LogP contribution in [0.5, 0.6) is 0 Å². The molecule has 0 radical (unpaired) electrons. The summed E-state index contributed by atoms with van der Waals surface area (Å²) in [5, 5.41) is 3.61. The van der Waals surface area contributed by atoms with E-state index in [4.69, 9.17) is 9.47 Å². The van der Waals surface area contributed by atoms with E-state index >= 15 is 0 Å². The Labute approximate surface area is 85.1 Å². The maximum absolute atomic E-state index is 5.90. The van der Waals surface area contributed by atoms with Crippen LogP contribution in [-0.4, -0.2) is 38.0 Å². The zero-order chi connectivity index (χ0) is 9.43. The van der Waals surface area contributed by atoms with E-state index in [0.717, 1.165) is 32.3 Å². The summed E-state index contributed by atoms with van der Waals surface area (Å²) in [6.07, 6.45) is 5.58. The Morgan fingerprint density at radius 1 is 1.29 bits per heavy atom. The molecule has 1 unspecified atom stereocenters. The SMILES string of the molecule is C1CC(CC2NCCOC23COC3)C1. The molecule has 3 aliphatic rings. The molecule has 1 aliphatic carbocycles. The molecule has 14 heavy (non-hydrogen) atoms. The maximum Gasteiger partial charge on any atom is 0.130 e. The molecule has 80 valence electrons. The molecule has 1 N–H and O–H groups in total. The highest BCUT2D eigenvalue weighted by Gasteiger charge is 2.49. The van der Waals surface area contributed by atoms with Gasteiger partial charge in [-0.1, -0.05) is 19.3 Å². The van der Waals surface area contributed by atoms with Crippen molar-refractivity contribution < 1.29 is 9.47 Å². The molecule has 0 aromatic carbocycles. The van der Waals surface area contributed by atoms with Gasteiger partial charge in [0.05, 0.1) is 19.8 Å². The lowest BCUT2D eigenvalue weighted by Gasteiger charge is -2.51. The van der Waals surface area contributed by atoms with Crippen molar-refractivity contribution in [2.24, 2.45) is 5.92 Å². The fourth-order valence-electron chi connectivity index (χ4n) is 2.72. The standard InChI is InChI=1S/C11H19NO2/c1-2-9(3-1)6-10-11(7-13-8-11)14-5-4-12-10/h9-10,12H,1-8H2. The first-order valence-electron chi connectivity index (χ1n) is 5.84. The van der Waals surface area contributed by atoms with Gasteiger partial charge in [0.1, 0.15) is 5.60 Å². The third-order valence-corrected chi connectivity index (χ3v) is 4.00. The Balaban J connectivity index is 1.62. The van der Waals surface area contributed by atoms with Crippen molar-refractivity contribution in [2.45, 2.75) is 37.3 Å². The molecule has 3 heteroatoms. The van der Waals surface area contributed by atoms with Crippen LogP contribution in [0.2, 0.25) is 0 Å². The molecule has 1 spiro atoms. The summed E-state index contributed by atoms with van der Waals surface area (Å²) in [6.45, 7) is 3.47. The highest BCUT2D eigenvalue weighted by atomic mass is 16.6. The monoisotopic (exact) mass is 197 g/mol. The van der Waals surface area contributed by atoms with Gasteiger partial charge in [0.2, 0.25) is 0 Å². The van der Waals surface area contributed by atoms with E-state index in [0.29, 0.717) is 6.04 Å². The maximum atomic E-state index is 5.90. The van der Waals surface area contributed by atoms with Crippen LogP contribution < -0.4 is 5.32 Å². The molecule has 0 aromatic rings. The van der Waals surface area contributed by atoms with Gasteiger partial charge in [0, 0.05) is 12.6 Å². The smallest absolute Gasteiger partial charge is 0.130 e. The van der Waals surface area contributed by atoms with E-state index in [1.165, 1.54) is 25.7 Å². The summed E-state index contributed by atoms with van der Waals surface area (Å²) in [5.74, 6) is 0.951. The Bertz CT molecular complexity index is 211. The molecule has 2 saturated heterocycles. The average Bonchev–Trinajstić information content (AvgIpc) is 2.09. The van der Waals surface area contributed by atoms with E-state index in [9.17, 15) is 0 Å². The number of morpholine rings is 1. The first kappa shape index (κ1) is 9.13. The van der Waals surface area contributed by atoms with Crippen molar-refractivity contribution >= 4 is 0 Å². The van der Waals surface area contributed by atoms with Crippen LogP contribution in [0.15, 0.2) is 0 Å². The van der Waals surface area contributed by atoms with Crippen LogP contribution in [0.1, 0.15) is 25.7 Å². The highest BCUT2D eigenvalue weighted by Crippen LogP contribution is 2.37. The summed E-state index contributed by atoms with van der Waals surface area (Å²) >= 11 is 0. The third kappa shape index (κ3) is 1.38. The summed E-state index contributed by atoms with van der Waals surface area (Å²) in [7, 11) is 0. The molecule has 3 rings (SSSR count). The normalized spacial score (nSPS) is 36.4. The van der Waals surface area contributed by atoms with Crippen LogP contribution >= 0.6 is 0 Å². The summed E-state index contributed by atoms with van der Waals surface area (Å²) in [5.41, 5.74) is 0.0494. The van der Waals surface area contributed by atoms with Crippen molar-refractivity contribution in [2.75, 3.05) is 26.4 Å². The molecule has 0 aromatic heterocycles. The molecule has 3 fully saturated rings. The first-order chi connectivity index (χ1) is 6.89. The van der Waals surface area contributed by atoms with Gasteiger partial charge in [0.15, 0.2) is 0 Å². The number of hydrogen-bond acceptors (Lipinski definition) is 3. The fraction of sp³-hybridized carbons (Fsp3) is 1.00. The molecular formula is C11H19NO2. The molecule has 0 amide bonds. The van der Waals surface area contributed by atoms with E-state index in [-0.39, 0.29) is 5.60 Å². The van der Waals surface area contributed by atoms with Gasteiger partial charge in [0.25, 0.3) is 0 Å². The van der Waals surface area contributed by atoms with Crippen LogP contribution in [-0.2, 0) is 9.47 Å². The molecule has 1 atom stereocenters. The van der Waals surface area contributed by atoms with Crippen molar-refractivity contribution in [1.29, 1.82) is 0 Å². The van der Waals surface area contributed by atoms with Crippen LogP contribution in [0, 0.1) is 5.92 Å². The predicted octanol–water partition coefficient (Wildman–Crippen LogP) is 0.934. The first-order valence-corrected chi connectivity index (χ1v) is 5.84. The number of hydrogen-bond donors (Lipinski definition) is 1. The van der Waals surface area contributed by atoms with Crippen molar-refractivity contribution in [3.8, 4) is 0 Å². The van der Waals surface area contributed by atoms with Crippen molar-refractivity contribution in [3.63, 3.8) is 0 Å². The molecule has 3 nitrogen and oxygen atoms in total. The minimum Gasteiger partial charge on any atom is -0.375 e. The topological polar surface area (TPSA) is 30.5 Å². The molecule has 0 bridgehead atoms. The van der Waals surface area contributed by atoms with Gasteiger partial charge < -0.3 is 14.8 Å². The second kappa shape index (κ2) is 3.47. The number of rotatable bonds is 2. The lowest BCUT2D eigenvalue weighted by molar-refractivity contribution is -0.240. The van der Waals surface area contributed by atoms with E-state index in [1.807, 2.05) is 0 Å². The van der Waals surface area contributed by atoms with Crippen LogP contribution in [0.25, 0.3) is 0 Å². The van der Waals surface area contributed by atoms with Gasteiger partial charge in [-0.2, -0.15) is 0 Å². The zero-order valence-electron chi connectivity index (χ0n) is 8.63. The predicted molar refractivity (Wildman–Crippen MR) is 53.3 cm³/mol. The van der Waals surface area contributed by atoms with Gasteiger partial charge in [-0.3, -0.25) is 0 Å². The Morgan fingerprint density at radius 2 is 2.14 bits per heavy atom. The second-order valence-corrected chi connectivity index (χ2v) is 4.95. The minimum absolute atomic E-state index is 0.0494. The van der Waals surface area contributed by atoms with Crippen molar-refractivity contribution in [3.05, 3.63) is 0 Å². The third-order valence-electron chi connectivity index (χ3n) is 4.00. The zero-order valence-corrected chi connectivity index (χ0v) is 8.63. The lowest BCUT2D eigenvalue weighted by Crippen LogP contribution is -2.68. The Morgan fingerprint density at radius 3 is 2.71 bits per heavy atom. The van der Waals surface area contributed by atoms with Gasteiger partial charge in [-0.05, 0) is 12.3 Å². The van der Waals surface area contributed by atoms with Gasteiger partial charge in [-0.15, -0.1) is 0 Å². The van der Waals surface area contributed by atoms with Crippen LogP contribution in [0.4, 0.5) is 0 Å². The summed E-state index contributed by atoms with van der Waals surface area (Å²) < 4.78 is 11.2. The quantitative estimate of drug-likeness (QED) is 0.714. The minimum atomic E-state index is 0.0494. The van der Waals surface area contributed by atoms with E-state index < -0.39 is 0 Å². The Hall–Kier alpha value is -0.120. The largest absolute Gasteiger partial charge is 0.375 e. The summed E-state index contributed by atoms with van der Waals surface area (Å²) in [4.78, 5) is 0. The molecule has 2 aliphatic heterocycles. The highest BCUT2D eigenvalue weighted by molar-refractivity contribution is 5.02. The average molecular weight is 197 g/mol. The van der Waals surface area contributed by atoms with Gasteiger partial charge in [-0.25, -0.2) is 0 Å². The lowest BCUT2D eigenvalue weighted by atomic mass is 9.76. The number of ether oxygens (including phenoxy) is 2. The van der Waals surface area contributed by atoms with E-state index in [2.05, 4.69) is 5.32 Å².